The number of amides is 1. The molecule has 2 atom stereocenters. The first-order chi connectivity index (χ1) is 19.7. The largest absolute Gasteiger partial charge is 0.493 e. The molecule has 2 unspecified atom stereocenters. The maximum absolute atomic E-state index is 13.0. The number of halogens is 3. The number of para-hydroxylation sites is 1. The van der Waals surface area contributed by atoms with Crippen LogP contribution in [0.5, 0.6) is 11.5 Å². The van der Waals surface area contributed by atoms with E-state index in [-0.39, 0.29) is 13.1 Å². The van der Waals surface area contributed by atoms with E-state index in [0.717, 1.165) is 26.1 Å². The molecule has 12 heteroatoms. The van der Waals surface area contributed by atoms with Crippen molar-refractivity contribution in [2.24, 2.45) is 0 Å². The molecular weight excluding hydrogens is 541 g/mol. The van der Waals surface area contributed by atoms with E-state index in [4.69, 9.17) is 19.2 Å². The minimum Gasteiger partial charge on any atom is -0.493 e. The molecule has 0 radical (unpaired) electrons. The summed E-state index contributed by atoms with van der Waals surface area (Å²) >= 11 is 0. The molecule has 0 spiro atoms. The van der Waals surface area contributed by atoms with Crippen molar-refractivity contribution in [3.05, 3.63) is 36.4 Å². The number of hydrogen-bond donors (Lipinski definition) is 1. The van der Waals surface area contributed by atoms with Crippen LogP contribution in [0.4, 0.5) is 18.9 Å². The molecule has 2 fully saturated rings. The maximum Gasteiger partial charge on any atom is 0.490 e. The summed E-state index contributed by atoms with van der Waals surface area (Å²) in [7, 11) is 1.53. The van der Waals surface area contributed by atoms with E-state index in [1.54, 1.807) is 19.1 Å². The van der Waals surface area contributed by atoms with Gasteiger partial charge in [-0.2, -0.15) is 13.2 Å². The molecule has 9 nitrogen and oxygen atoms in total. The molecule has 220 valence electrons. The van der Waals surface area contributed by atoms with Gasteiger partial charge in [-0.1, -0.05) is 18.2 Å². The number of ether oxygens (including phenoxy) is 3. The zero-order chi connectivity index (χ0) is 29.1. The first kappa shape index (κ1) is 28.7. The van der Waals surface area contributed by atoms with Gasteiger partial charge in [0.05, 0.1) is 36.5 Å². The van der Waals surface area contributed by atoms with Crippen LogP contribution in [-0.4, -0.2) is 91.4 Å². The number of likely N-dealkylation sites (N-methyl/N-ethyl adjacent to an activating group) is 1. The molecule has 3 heterocycles. The molecule has 2 aliphatic heterocycles. The van der Waals surface area contributed by atoms with Gasteiger partial charge < -0.3 is 29.3 Å². The van der Waals surface area contributed by atoms with E-state index in [1.807, 2.05) is 24.3 Å². The minimum atomic E-state index is -5.22. The van der Waals surface area contributed by atoms with Crippen molar-refractivity contribution >= 4 is 39.4 Å². The first-order valence-corrected chi connectivity index (χ1v) is 13.8. The Morgan fingerprint density at radius 2 is 1.85 bits per heavy atom. The summed E-state index contributed by atoms with van der Waals surface area (Å²) in [5.74, 6) is -2.09. The minimum absolute atomic E-state index is 0.0542. The highest BCUT2D eigenvalue weighted by Gasteiger charge is 2.49. The number of nitrogens with one attached hydrogen (secondary N) is 1. The van der Waals surface area contributed by atoms with Crippen molar-refractivity contribution in [2.75, 3.05) is 51.8 Å². The summed E-state index contributed by atoms with van der Waals surface area (Å²) in [6.07, 6.45) is -3.55. The lowest BCUT2D eigenvalue weighted by Crippen LogP contribution is -2.41. The second-order valence-corrected chi connectivity index (χ2v) is 10.2. The zero-order valence-electron chi connectivity index (χ0n) is 23.0. The molecule has 41 heavy (non-hydrogen) atoms. The molecular formula is C29H33F3N4O5. The van der Waals surface area contributed by atoms with Gasteiger partial charge >= 0.3 is 12.1 Å². The van der Waals surface area contributed by atoms with Crippen molar-refractivity contribution in [3.8, 4) is 11.5 Å². The lowest BCUT2D eigenvalue weighted by atomic mass is 10.1. The number of fused-ring (bicyclic) bond motifs is 2. The monoisotopic (exact) mass is 574 g/mol. The molecule has 1 amide bonds. The molecule has 1 N–H and O–H groups in total. The quantitative estimate of drug-likeness (QED) is 0.217. The van der Waals surface area contributed by atoms with Crippen LogP contribution in [0.25, 0.3) is 21.8 Å². The van der Waals surface area contributed by atoms with Gasteiger partial charge in [0, 0.05) is 36.5 Å². The van der Waals surface area contributed by atoms with Gasteiger partial charge in [0.2, 0.25) is 6.10 Å². The van der Waals surface area contributed by atoms with Gasteiger partial charge in [-0.25, -0.2) is 9.78 Å². The highest BCUT2D eigenvalue weighted by atomic mass is 19.4. The van der Waals surface area contributed by atoms with E-state index in [0.29, 0.717) is 45.6 Å². The Bertz CT molecular complexity index is 1430. The number of methoxy groups -OCH3 is 1. The van der Waals surface area contributed by atoms with Crippen LogP contribution in [0.2, 0.25) is 0 Å². The Balaban J connectivity index is 1.48. The number of nitrogens with zero attached hydrogens (tertiary/aromatic N) is 3. The number of anilines is 1. The summed E-state index contributed by atoms with van der Waals surface area (Å²) in [6.45, 7) is 5.70. The third-order valence-electron chi connectivity index (χ3n) is 7.56. The van der Waals surface area contributed by atoms with E-state index in [9.17, 15) is 22.8 Å². The van der Waals surface area contributed by atoms with Gasteiger partial charge in [0.15, 0.2) is 11.5 Å². The Morgan fingerprint density at radius 1 is 1.10 bits per heavy atom. The Morgan fingerprint density at radius 3 is 2.56 bits per heavy atom. The van der Waals surface area contributed by atoms with Gasteiger partial charge in [-0.15, -0.1) is 0 Å². The van der Waals surface area contributed by atoms with Crippen LogP contribution in [-0.2, 0) is 14.3 Å². The number of benzene rings is 2. The molecule has 5 rings (SSSR count). The highest BCUT2D eigenvalue weighted by molar-refractivity contribution is 6.08. The van der Waals surface area contributed by atoms with Gasteiger partial charge in [0.25, 0.3) is 5.91 Å². The van der Waals surface area contributed by atoms with Crippen LogP contribution in [0.1, 0.15) is 26.2 Å². The average Bonchev–Trinajstić information content (AvgIpc) is 3.58. The lowest BCUT2D eigenvalue weighted by Gasteiger charge is -2.23. The first-order valence-electron chi connectivity index (χ1n) is 13.8. The Kier molecular flexibility index (Phi) is 8.39. The smallest absolute Gasteiger partial charge is 0.490 e. The number of hydrogen-bond acceptors (Lipinski definition) is 8. The van der Waals surface area contributed by atoms with Crippen molar-refractivity contribution in [3.63, 3.8) is 0 Å². The zero-order valence-corrected chi connectivity index (χ0v) is 23.0. The van der Waals surface area contributed by atoms with Gasteiger partial charge in [0.1, 0.15) is 0 Å². The van der Waals surface area contributed by atoms with Crippen molar-refractivity contribution in [1.82, 2.24) is 14.8 Å². The average molecular weight is 575 g/mol. The lowest BCUT2D eigenvalue weighted by molar-refractivity contribution is -0.205. The van der Waals surface area contributed by atoms with Crippen LogP contribution < -0.4 is 14.8 Å². The number of likely N-dealkylation sites (tertiary alicyclic amines) is 2. The molecule has 0 bridgehead atoms. The predicted octanol–water partition coefficient (Wildman–Crippen LogP) is 4.38. The fraction of sp³-hybridized carbons (Fsp3) is 0.483. The van der Waals surface area contributed by atoms with E-state index >= 15 is 0 Å². The van der Waals surface area contributed by atoms with Gasteiger partial charge in [-0.05, 0) is 51.4 Å². The fourth-order valence-corrected chi connectivity index (χ4v) is 5.49. The number of alkyl halides is 3. The second kappa shape index (κ2) is 12.0. The predicted molar refractivity (Wildman–Crippen MR) is 147 cm³/mol. The fourth-order valence-electron chi connectivity index (χ4n) is 5.49. The summed E-state index contributed by atoms with van der Waals surface area (Å²) < 4.78 is 55.5. The van der Waals surface area contributed by atoms with Crippen LogP contribution >= 0.6 is 0 Å². The van der Waals surface area contributed by atoms with Crippen molar-refractivity contribution in [2.45, 2.75) is 44.5 Å². The normalized spacial score (nSPS) is 19.7. The summed E-state index contributed by atoms with van der Waals surface area (Å²) in [5, 5.41) is 4.54. The van der Waals surface area contributed by atoms with Crippen molar-refractivity contribution in [1.29, 1.82) is 0 Å². The summed E-state index contributed by atoms with van der Waals surface area (Å²) in [5.41, 5.74) is 1.74. The van der Waals surface area contributed by atoms with Crippen LogP contribution in [0.3, 0.4) is 0 Å². The van der Waals surface area contributed by atoms with Crippen LogP contribution in [0.15, 0.2) is 36.4 Å². The molecule has 3 aromatic rings. The number of esters is 1. The highest BCUT2D eigenvalue weighted by Crippen LogP contribution is 2.39. The third kappa shape index (κ3) is 6.12. The molecule has 1 aromatic heterocycles. The van der Waals surface area contributed by atoms with E-state index < -0.39 is 30.2 Å². The maximum atomic E-state index is 13.0. The van der Waals surface area contributed by atoms with Crippen molar-refractivity contribution < 1.29 is 37.0 Å². The van der Waals surface area contributed by atoms with Gasteiger partial charge in [-0.3, -0.25) is 4.79 Å². The summed E-state index contributed by atoms with van der Waals surface area (Å²) in [4.78, 5) is 33.1. The van der Waals surface area contributed by atoms with Crippen LogP contribution in [0, 0.1) is 0 Å². The third-order valence-corrected chi connectivity index (χ3v) is 7.56. The Hall–Kier alpha value is -3.80. The van der Waals surface area contributed by atoms with E-state index in [1.165, 1.54) is 24.9 Å². The van der Waals surface area contributed by atoms with E-state index in [2.05, 4.69) is 10.2 Å². The molecule has 2 saturated heterocycles. The number of pyridine rings is 1. The summed E-state index contributed by atoms with van der Waals surface area (Å²) in [6, 6.07) is 9.89. The topological polar surface area (TPSA) is 93.2 Å². The number of carbonyl (C=O) groups is 2. The Labute approximate surface area is 235 Å². The second-order valence-electron chi connectivity index (χ2n) is 10.2. The molecule has 2 aliphatic rings. The SMILES string of the molecule is CCN1CC(Nc2c3ccccc3nc3cc(OCCCN4CCCC4)c(OC)cc23)C(OC(=O)C(F)(F)F)C1=O. The molecule has 2 aromatic carbocycles. The number of rotatable bonds is 10. The number of aromatic nitrogens is 1. The molecule has 0 aliphatic carbocycles. The molecule has 0 saturated carbocycles. The number of carbonyl (C=O) groups excluding carboxylic acids is 2. The standard InChI is InChI=1S/C29H33F3N4O5/c1-3-36-17-22(26(27(36)37)41-28(38)29(30,31)32)34-25-18-9-4-5-10-20(18)33-21-16-24(23(39-2)15-19(21)25)40-14-8-13-35-11-6-7-12-35/h4-5,9-10,15-16,22,26H,3,6-8,11-14,17H2,1-2H3,(H,33,34).